The number of hydrogen-bond acceptors (Lipinski definition) is 7. The fraction of sp³-hybridized carbons (Fsp3) is 0.0667. The molecule has 10 heteroatoms. The Hall–Kier alpha value is -4.70. The highest BCUT2D eigenvalue weighted by atomic mass is 35.5. The summed E-state index contributed by atoms with van der Waals surface area (Å²) in [6, 6.07) is 32.6. The number of nitrogens with zero attached hydrogens (tertiary/aromatic N) is 6. The number of halogens is 3. The molecule has 5 aromatic rings. The van der Waals surface area contributed by atoms with Gasteiger partial charge in [0, 0.05) is 4.90 Å². The Kier molecular flexibility index (Phi) is 9.84. The Bertz CT molecular complexity index is 1560. The highest BCUT2D eigenvalue weighted by Crippen LogP contribution is 2.27. The largest absolute Gasteiger partial charge is 0.207 e. The zero-order valence-corrected chi connectivity index (χ0v) is 22.3. The second-order valence-corrected chi connectivity index (χ2v) is 9.70. The van der Waals surface area contributed by atoms with Crippen molar-refractivity contribution in [1.29, 1.82) is 10.5 Å². The van der Waals surface area contributed by atoms with E-state index in [1.807, 2.05) is 36.4 Å². The van der Waals surface area contributed by atoms with Crippen molar-refractivity contribution in [3.8, 4) is 12.1 Å². The van der Waals surface area contributed by atoms with E-state index in [0.29, 0.717) is 22.5 Å². The molecule has 5 rings (SSSR count). The highest BCUT2D eigenvalue weighted by molar-refractivity contribution is 7.99. The van der Waals surface area contributed by atoms with E-state index in [-0.39, 0.29) is 16.8 Å². The summed E-state index contributed by atoms with van der Waals surface area (Å²) >= 11 is 7.13. The van der Waals surface area contributed by atoms with Gasteiger partial charge in [0.15, 0.2) is 5.15 Å². The van der Waals surface area contributed by atoms with E-state index in [0.717, 1.165) is 9.92 Å². The molecule has 0 fully saturated rings. The van der Waals surface area contributed by atoms with Gasteiger partial charge < -0.3 is 0 Å². The van der Waals surface area contributed by atoms with E-state index in [2.05, 4.69) is 32.5 Å². The summed E-state index contributed by atoms with van der Waals surface area (Å²) in [5, 5.41) is 35.4. The van der Waals surface area contributed by atoms with Crippen LogP contribution in [0, 0.1) is 34.3 Å². The molecule has 0 aliphatic rings. The van der Waals surface area contributed by atoms with Gasteiger partial charge in [-0.2, -0.15) is 20.7 Å². The Morgan fingerprint density at radius 3 is 1.52 bits per heavy atom. The van der Waals surface area contributed by atoms with E-state index in [9.17, 15) is 14.0 Å². The topological polar surface area (TPSA) is 99.1 Å². The SMILES string of the molecule is N#CC(c1ccc(F)cc1)c1ccc(Cl)nn1.N#CC(c1ccc(F)cc1)c1ccc(Sc2ccccc2)nn1. The number of rotatable bonds is 6. The van der Waals surface area contributed by atoms with Crippen LogP contribution in [0.2, 0.25) is 5.15 Å². The van der Waals surface area contributed by atoms with Crippen LogP contribution >= 0.6 is 23.4 Å². The fourth-order valence-electron chi connectivity index (χ4n) is 3.56. The van der Waals surface area contributed by atoms with Crippen LogP contribution < -0.4 is 0 Å². The molecular weight excluding hydrogens is 550 g/mol. The van der Waals surface area contributed by atoms with Gasteiger partial charge in [0.25, 0.3) is 0 Å². The van der Waals surface area contributed by atoms with Crippen LogP contribution in [0.25, 0.3) is 0 Å². The lowest BCUT2D eigenvalue weighted by molar-refractivity contribution is 0.626. The molecule has 0 saturated heterocycles. The van der Waals surface area contributed by atoms with Crippen LogP contribution in [0.3, 0.4) is 0 Å². The van der Waals surface area contributed by atoms with Gasteiger partial charge in [-0.3, -0.25) is 0 Å². The molecule has 0 spiro atoms. The summed E-state index contributed by atoms with van der Waals surface area (Å²) in [6.45, 7) is 0. The first-order valence-electron chi connectivity index (χ1n) is 11.8. The van der Waals surface area contributed by atoms with Crippen molar-refractivity contribution < 1.29 is 8.78 Å². The zero-order chi connectivity index (χ0) is 28.3. The minimum atomic E-state index is -0.569. The molecule has 0 radical (unpaired) electrons. The Morgan fingerprint density at radius 1 is 0.600 bits per heavy atom. The van der Waals surface area contributed by atoms with Crippen LogP contribution in [0.1, 0.15) is 34.4 Å². The lowest BCUT2D eigenvalue weighted by Crippen LogP contribution is -2.03. The summed E-state index contributed by atoms with van der Waals surface area (Å²) in [6.07, 6.45) is 0. The average Bonchev–Trinajstić information content (AvgIpc) is 2.98. The monoisotopic (exact) mass is 568 g/mol. The molecule has 3 aromatic carbocycles. The maximum Gasteiger partial charge on any atom is 0.151 e. The predicted octanol–water partition coefficient (Wildman–Crippen LogP) is 7.35. The smallest absolute Gasteiger partial charge is 0.151 e. The second-order valence-electron chi connectivity index (χ2n) is 8.22. The van der Waals surface area contributed by atoms with Crippen molar-refractivity contribution in [3.63, 3.8) is 0 Å². The number of nitriles is 2. The summed E-state index contributed by atoms with van der Waals surface area (Å²) in [5.74, 6) is -1.79. The first-order valence-corrected chi connectivity index (χ1v) is 13.0. The molecule has 2 atom stereocenters. The van der Waals surface area contributed by atoms with Crippen LogP contribution in [-0.2, 0) is 0 Å². The quantitative estimate of drug-likeness (QED) is 0.211. The van der Waals surface area contributed by atoms with Crippen molar-refractivity contribution >= 4 is 23.4 Å². The Morgan fingerprint density at radius 2 is 1.10 bits per heavy atom. The second kappa shape index (κ2) is 13.9. The molecule has 0 aliphatic heterocycles. The summed E-state index contributed by atoms with van der Waals surface area (Å²) in [5.41, 5.74) is 2.41. The predicted molar refractivity (Wildman–Crippen MR) is 147 cm³/mol. The van der Waals surface area contributed by atoms with Gasteiger partial charge in [0.2, 0.25) is 0 Å². The van der Waals surface area contributed by atoms with E-state index in [1.165, 1.54) is 36.0 Å². The summed E-state index contributed by atoms with van der Waals surface area (Å²) < 4.78 is 25.8. The molecule has 0 amide bonds. The van der Waals surface area contributed by atoms with Crippen LogP contribution in [0.15, 0.2) is 113 Å². The van der Waals surface area contributed by atoms with Crippen LogP contribution in [0.4, 0.5) is 8.78 Å². The van der Waals surface area contributed by atoms with Crippen molar-refractivity contribution in [2.75, 3.05) is 0 Å². The highest BCUT2D eigenvalue weighted by Gasteiger charge is 2.16. The number of hydrogen-bond donors (Lipinski definition) is 0. The third kappa shape index (κ3) is 7.67. The zero-order valence-electron chi connectivity index (χ0n) is 20.7. The number of aromatic nitrogens is 4. The average molecular weight is 569 g/mol. The summed E-state index contributed by atoms with van der Waals surface area (Å²) in [7, 11) is 0. The van der Waals surface area contributed by atoms with Gasteiger partial charge in [-0.25, -0.2) is 8.78 Å². The molecule has 0 aliphatic carbocycles. The maximum absolute atomic E-state index is 13.0. The van der Waals surface area contributed by atoms with Gasteiger partial charge in [-0.05, 0) is 71.8 Å². The molecule has 2 heterocycles. The molecule has 2 aromatic heterocycles. The Labute approximate surface area is 238 Å². The van der Waals surface area contributed by atoms with Gasteiger partial charge >= 0.3 is 0 Å². The molecule has 0 N–H and O–H groups in total. The molecule has 40 heavy (non-hydrogen) atoms. The Balaban J connectivity index is 0.000000194. The van der Waals surface area contributed by atoms with E-state index in [4.69, 9.17) is 16.9 Å². The first-order chi connectivity index (χ1) is 19.5. The van der Waals surface area contributed by atoms with Crippen LogP contribution in [-0.4, -0.2) is 20.4 Å². The maximum atomic E-state index is 13.0. The van der Waals surface area contributed by atoms with Gasteiger partial charge in [-0.15, -0.1) is 10.2 Å². The lowest BCUT2D eigenvalue weighted by Gasteiger charge is -2.08. The molecule has 6 nitrogen and oxygen atoms in total. The normalized spacial score (nSPS) is 11.7. The molecule has 196 valence electrons. The van der Waals surface area contributed by atoms with Gasteiger partial charge in [0.1, 0.15) is 28.5 Å². The van der Waals surface area contributed by atoms with Gasteiger partial charge in [0.05, 0.1) is 23.5 Å². The van der Waals surface area contributed by atoms with E-state index >= 15 is 0 Å². The van der Waals surface area contributed by atoms with E-state index in [1.54, 1.807) is 42.5 Å². The van der Waals surface area contributed by atoms with E-state index < -0.39 is 11.8 Å². The molecular formula is C30H19ClF2N6S. The van der Waals surface area contributed by atoms with Crippen molar-refractivity contribution in [3.05, 3.63) is 142 Å². The third-order valence-electron chi connectivity index (χ3n) is 5.54. The molecule has 0 bridgehead atoms. The molecule has 0 saturated carbocycles. The van der Waals surface area contributed by atoms with Crippen molar-refractivity contribution in [1.82, 2.24) is 20.4 Å². The fourth-order valence-corrected chi connectivity index (χ4v) is 4.41. The number of benzene rings is 3. The minimum Gasteiger partial charge on any atom is -0.207 e. The first kappa shape index (κ1) is 28.3. The molecule has 2 unspecified atom stereocenters. The van der Waals surface area contributed by atoms with Crippen molar-refractivity contribution in [2.24, 2.45) is 0 Å². The summed E-state index contributed by atoms with van der Waals surface area (Å²) in [4.78, 5) is 1.07. The third-order valence-corrected chi connectivity index (χ3v) is 6.67. The standard InChI is InChI=1S/C18H12FN3S.C12H7ClFN3/c19-14-8-6-13(7-9-14)16(12-20)17-10-11-18(22-21-17)23-15-4-2-1-3-5-15;13-12-6-5-11(16-17-12)10(7-15)8-1-3-9(14)4-2-8/h1-11,16H;1-6,10H. The minimum absolute atomic E-state index is 0.268. The van der Waals surface area contributed by atoms with Gasteiger partial charge in [-0.1, -0.05) is 65.8 Å². The van der Waals surface area contributed by atoms with Crippen molar-refractivity contribution in [2.45, 2.75) is 21.8 Å². The van der Waals surface area contributed by atoms with Crippen LogP contribution in [0.5, 0.6) is 0 Å². The lowest BCUT2D eigenvalue weighted by atomic mass is 9.97.